The second kappa shape index (κ2) is 5.72. The van der Waals surface area contributed by atoms with Crippen molar-refractivity contribution < 1.29 is 0 Å². The standard InChI is InChI=1S/C15H26N2S/c1-15(2,3)11-17(4)10-14-8-7-13(18-14)9-16-12-5-6-12/h7-8,12,16H,5-6,9-11H2,1-4H3. The van der Waals surface area contributed by atoms with Crippen molar-refractivity contribution in [2.45, 2.75) is 52.7 Å². The Morgan fingerprint density at radius 1 is 1.28 bits per heavy atom. The largest absolute Gasteiger partial charge is 0.309 e. The van der Waals surface area contributed by atoms with E-state index in [1.807, 2.05) is 11.3 Å². The smallest absolute Gasteiger partial charge is 0.0325 e. The number of thiophene rings is 1. The van der Waals surface area contributed by atoms with E-state index in [9.17, 15) is 0 Å². The van der Waals surface area contributed by atoms with Crippen LogP contribution in [0.4, 0.5) is 0 Å². The van der Waals surface area contributed by atoms with Gasteiger partial charge in [0.2, 0.25) is 0 Å². The molecule has 1 heterocycles. The van der Waals surface area contributed by atoms with Crippen LogP contribution in [0.2, 0.25) is 0 Å². The van der Waals surface area contributed by atoms with E-state index in [0.29, 0.717) is 5.41 Å². The predicted octanol–water partition coefficient (Wildman–Crippen LogP) is 3.48. The van der Waals surface area contributed by atoms with Gasteiger partial charge in [-0.2, -0.15) is 0 Å². The summed E-state index contributed by atoms with van der Waals surface area (Å²) in [5, 5.41) is 3.57. The molecule has 102 valence electrons. The molecule has 3 heteroatoms. The summed E-state index contributed by atoms with van der Waals surface area (Å²) in [5.41, 5.74) is 0.377. The minimum absolute atomic E-state index is 0.377. The first kappa shape index (κ1) is 14.0. The molecule has 0 aliphatic heterocycles. The molecule has 1 aromatic rings. The molecule has 1 fully saturated rings. The Morgan fingerprint density at radius 2 is 1.94 bits per heavy atom. The van der Waals surface area contributed by atoms with Gasteiger partial charge in [-0.15, -0.1) is 11.3 Å². The number of hydrogen-bond acceptors (Lipinski definition) is 3. The molecule has 2 nitrogen and oxygen atoms in total. The topological polar surface area (TPSA) is 15.3 Å². The first-order chi connectivity index (χ1) is 8.42. The van der Waals surface area contributed by atoms with E-state index in [1.165, 1.54) is 22.6 Å². The van der Waals surface area contributed by atoms with Gasteiger partial charge in [0.1, 0.15) is 0 Å². The van der Waals surface area contributed by atoms with Crippen LogP contribution in [0.3, 0.4) is 0 Å². The maximum absolute atomic E-state index is 3.57. The Labute approximate surface area is 115 Å². The molecule has 1 saturated carbocycles. The maximum Gasteiger partial charge on any atom is 0.0325 e. The fourth-order valence-corrected chi connectivity index (χ4v) is 3.32. The first-order valence-electron chi connectivity index (χ1n) is 6.92. The molecule has 0 radical (unpaired) electrons. The fraction of sp³-hybridized carbons (Fsp3) is 0.733. The van der Waals surface area contributed by atoms with E-state index in [0.717, 1.165) is 25.7 Å². The van der Waals surface area contributed by atoms with Crippen LogP contribution in [0.25, 0.3) is 0 Å². The zero-order valence-corrected chi connectivity index (χ0v) is 12.9. The lowest BCUT2D eigenvalue weighted by molar-refractivity contribution is 0.222. The number of hydrogen-bond donors (Lipinski definition) is 1. The molecule has 0 saturated heterocycles. The molecule has 2 rings (SSSR count). The zero-order valence-electron chi connectivity index (χ0n) is 12.1. The molecule has 18 heavy (non-hydrogen) atoms. The van der Waals surface area contributed by atoms with Crippen LogP contribution < -0.4 is 5.32 Å². The molecule has 0 bridgehead atoms. The molecule has 0 amide bonds. The Kier molecular flexibility index (Phi) is 4.46. The van der Waals surface area contributed by atoms with Crippen molar-refractivity contribution in [3.05, 3.63) is 21.9 Å². The molecule has 0 spiro atoms. The van der Waals surface area contributed by atoms with Gasteiger partial charge < -0.3 is 10.2 Å². The van der Waals surface area contributed by atoms with Crippen molar-refractivity contribution in [1.29, 1.82) is 0 Å². The highest BCUT2D eigenvalue weighted by Crippen LogP contribution is 2.23. The molecule has 0 aromatic carbocycles. The summed E-state index contributed by atoms with van der Waals surface area (Å²) in [4.78, 5) is 5.37. The number of nitrogens with one attached hydrogen (secondary N) is 1. The van der Waals surface area contributed by atoms with Gasteiger partial charge in [-0.25, -0.2) is 0 Å². The SMILES string of the molecule is CN(Cc1ccc(CNC2CC2)s1)CC(C)(C)C. The third-order valence-corrected chi connectivity index (χ3v) is 4.10. The van der Waals surface area contributed by atoms with E-state index >= 15 is 0 Å². The summed E-state index contributed by atoms with van der Waals surface area (Å²) in [6.07, 6.45) is 2.74. The third kappa shape index (κ3) is 5.09. The Balaban J connectivity index is 1.77. The summed E-state index contributed by atoms with van der Waals surface area (Å²) in [6.45, 7) is 10.2. The Bertz CT molecular complexity index is 374. The molecule has 1 aromatic heterocycles. The van der Waals surface area contributed by atoms with Crippen molar-refractivity contribution in [3.8, 4) is 0 Å². The summed E-state index contributed by atoms with van der Waals surface area (Å²) >= 11 is 1.95. The maximum atomic E-state index is 3.57. The predicted molar refractivity (Wildman–Crippen MR) is 80.0 cm³/mol. The second-order valence-electron chi connectivity index (χ2n) is 6.76. The quantitative estimate of drug-likeness (QED) is 0.848. The minimum atomic E-state index is 0.377. The van der Waals surface area contributed by atoms with Crippen molar-refractivity contribution in [2.24, 2.45) is 5.41 Å². The highest BCUT2D eigenvalue weighted by Gasteiger charge is 2.20. The molecular formula is C15H26N2S. The van der Waals surface area contributed by atoms with Gasteiger partial charge in [-0.1, -0.05) is 20.8 Å². The van der Waals surface area contributed by atoms with Crippen molar-refractivity contribution in [3.63, 3.8) is 0 Å². The van der Waals surface area contributed by atoms with Crippen molar-refractivity contribution >= 4 is 11.3 Å². The van der Waals surface area contributed by atoms with Gasteiger partial charge >= 0.3 is 0 Å². The van der Waals surface area contributed by atoms with E-state index in [1.54, 1.807) is 0 Å². The highest BCUT2D eigenvalue weighted by atomic mass is 32.1. The van der Waals surface area contributed by atoms with Crippen LogP contribution in [0.5, 0.6) is 0 Å². The summed E-state index contributed by atoms with van der Waals surface area (Å²) in [7, 11) is 2.22. The second-order valence-corrected chi connectivity index (χ2v) is 8.01. The van der Waals surface area contributed by atoms with E-state index in [2.05, 4.69) is 50.2 Å². The first-order valence-corrected chi connectivity index (χ1v) is 7.73. The van der Waals surface area contributed by atoms with Crippen LogP contribution in [0.1, 0.15) is 43.4 Å². The number of nitrogens with zero attached hydrogens (tertiary/aromatic N) is 1. The average Bonchev–Trinajstić information content (AvgIpc) is 2.94. The van der Waals surface area contributed by atoms with Crippen molar-refractivity contribution in [2.75, 3.05) is 13.6 Å². The lowest BCUT2D eigenvalue weighted by Gasteiger charge is -2.25. The molecule has 0 atom stereocenters. The Hall–Kier alpha value is -0.380. The third-order valence-electron chi connectivity index (χ3n) is 3.03. The van der Waals surface area contributed by atoms with Crippen LogP contribution in [-0.4, -0.2) is 24.5 Å². The van der Waals surface area contributed by atoms with Gasteiger partial charge in [0, 0.05) is 35.4 Å². The van der Waals surface area contributed by atoms with Crippen LogP contribution in [-0.2, 0) is 13.1 Å². The summed E-state index contributed by atoms with van der Waals surface area (Å²) < 4.78 is 0. The number of rotatable bonds is 6. The van der Waals surface area contributed by atoms with E-state index in [4.69, 9.17) is 0 Å². The van der Waals surface area contributed by atoms with E-state index < -0.39 is 0 Å². The average molecular weight is 266 g/mol. The van der Waals surface area contributed by atoms with Crippen molar-refractivity contribution in [1.82, 2.24) is 10.2 Å². The molecule has 0 unspecified atom stereocenters. The minimum Gasteiger partial charge on any atom is -0.309 e. The summed E-state index contributed by atoms with van der Waals surface area (Å²) in [6, 6.07) is 5.37. The molecule has 1 aliphatic carbocycles. The Morgan fingerprint density at radius 3 is 2.56 bits per heavy atom. The lowest BCUT2D eigenvalue weighted by atomic mass is 9.96. The van der Waals surface area contributed by atoms with Gasteiger partial charge in [-0.3, -0.25) is 0 Å². The van der Waals surface area contributed by atoms with Gasteiger partial charge in [-0.05, 0) is 37.4 Å². The monoisotopic (exact) mass is 266 g/mol. The van der Waals surface area contributed by atoms with Crippen LogP contribution in [0.15, 0.2) is 12.1 Å². The highest BCUT2D eigenvalue weighted by molar-refractivity contribution is 7.11. The van der Waals surface area contributed by atoms with Crippen LogP contribution in [0, 0.1) is 5.41 Å². The fourth-order valence-electron chi connectivity index (χ4n) is 2.27. The van der Waals surface area contributed by atoms with Gasteiger partial charge in [0.05, 0.1) is 0 Å². The van der Waals surface area contributed by atoms with Crippen LogP contribution >= 0.6 is 11.3 Å². The molecule has 1 N–H and O–H groups in total. The molecular weight excluding hydrogens is 240 g/mol. The lowest BCUT2D eigenvalue weighted by Crippen LogP contribution is -2.28. The van der Waals surface area contributed by atoms with Gasteiger partial charge in [0.15, 0.2) is 0 Å². The van der Waals surface area contributed by atoms with Gasteiger partial charge in [0.25, 0.3) is 0 Å². The molecule has 1 aliphatic rings. The zero-order chi connectivity index (χ0) is 13.2. The normalized spacial score (nSPS) is 16.5. The summed E-state index contributed by atoms with van der Waals surface area (Å²) in [5.74, 6) is 0. The van der Waals surface area contributed by atoms with E-state index in [-0.39, 0.29) is 0 Å².